The van der Waals surface area contributed by atoms with Gasteiger partial charge in [-0.25, -0.2) is 0 Å². The van der Waals surface area contributed by atoms with Crippen LogP contribution in [-0.4, -0.2) is 16.8 Å². The van der Waals surface area contributed by atoms with Gasteiger partial charge < -0.3 is 5.32 Å². The molecule has 3 rings (SSSR count). The van der Waals surface area contributed by atoms with E-state index in [2.05, 4.69) is 47.1 Å². The summed E-state index contributed by atoms with van der Waals surface area (Å²) >= 11 is 1.83. The van der Waals surface area contributed by atoms with Crippen LogP contribution in [0.25, 0.3) is 10.9 Å². The van der Waals surface area contributed by atoms with Crippen molar-refractivity contribution in [1.29, 1.82) is 0 Å². The Hall–Kier alpha value is -1.65. The number of benzene rings is 1. The number of aromatic nitrogens is 2. The first-order valence-corrected chi connectivity index (χ1v) is 7.79. The third kappa shape index (κ3) is 2.49. The van der Waals surface area contributed by atoms with Gasteiger partial charge in [-0.05, 0) is 37.4 Å². The number of thiophene rings is 1. The van der Waals surface area contributed by atoms with Crippen LogP contribution in [0.1, 0.15) is 23.0 Å². The number of para-hydroxylation sites is 1. The van der Waals surface area contributed by atoms with Crippen molar-refractivity contribution in [2.24, 2.45) is 7.05 Å². The van der Waals surface area contributed by atoms with E-state index in [0.29, 0.717) is 6.04 Å². The van der Waals surface area contributed by atoms with Crippen LogP contribution >= 0.6 is 11.3 Å². The fraction of sp³-hybridized carbons (Fsp3) is 0.312. The van der Waals surface area contributed by atoms with Crippen LogP contribution < -0.4 is 5.32 Å². The topological polar surface area (TPSA) is 29.9 Å². The first-order chi connectivity index (χ1) is 9.79. The zero-order valence-electron chi connectivity index (χ0n) is 11.8. The lowest BCUT2D eigenvalue weighted by Crippen LogP contribution is -2.18. The average molecular weight is 285 g/mol. The summed E-state index contributed by atoms with van der Waals surface area (Å²) in [5, 5.41) is 11.5. The summed E-state index contributed by atoms with van der Waals surface area (Å²) in [5.41, 5.74) is 2.35. The van der Waals surface area contributed by atoms with Crippen LogP contribution in [0.5, 0.6) is 0 Å². The molecular formula is C16H19N3S. The van der Waals surface area contributed by atoms with E-state index in [4.69, 9.17) is 5.10 Å². The molecule has 4 heteroatoms. The number of rotatable bonds is 5. The highest BCUT2D eigenvalue weighted by atomic mass is 32.1. The molecule has 0 aliphatic rings. The molecule has 104 valence electrons. The average Bonchev–Trinajstić information content (AvgIpc) is 3.09. The van der Waals surface area contributed by atoms with Crippen LogP contribution in [0.2, 0.25) is 0 Å². The third-order valence-electron chi connectivity index (χ3n) is 3.72. The Balaban J connectivity index is 1.87. The highest BCUT2D eigenvalue weighted by Crippen LogP contribution is 2.26. The fourth-order valence-electron chi connectivity index (χ4n) is 2.66. The number of aryl methyl sites for hydroxylation is 2. The van der Waals surface area contributed by atoms with Gasteiger partial charge in [-0.1, -0.05) is 24.3 Å². The number of hydrogen-bond donors (Lipinski definition) is 1. The molecule has 0 aliphatic carbocycles. The molecule has 0 amide bonds. The van der Waals surface area contributed by atoms with E-state index in [0.717, 1.165) is 18.5 Å². The lowest BCUT2D eigenvalue weighted by atomic mass is 10.0. The Labute approximate surface area is 123 Å². The minimum atomic E-state index is 0.295. The molecule has 0 bridgehead atoms. The number of nitrogens with zero attached hydrogens (tertiary/aromatic N) is 2. The third-order valence-corrected chi connectivity index (χ3v) is 4.66. The summed E-state index contributed by atoms with van der Waals surface area (Å²) in [7, 11) is 4.03. The van der Waals surface area contributed by atoms with Gasteiger partial charge in [0.1, 0.15) is 0 Å². The van der Waals surface area contributed by atoms with Crippen molar-refractivity contribution in [3.63, 3.8) is 0 Å². The molecule has 1 atom stereocenters. The van der Waals surface area contributed by atoms with Crippen LogP contribution in [-0.2, 0) is 13.5 Å². The lowest BCUT2D eigenvalue weighted by molar-refractivity contribution is 0.532. The molecule has 2 heterocycles. The maximum absolute atomic E-state index is 4.72. The molecule has 2 aromatic heterocycles. The minimum Gasteiger partial charge on any atom is -0.312 e. The van der Waals surface area contributed by atoms with Crippen molar-refractivity contribution in [2.45, 2.75) is 18.9 Å². The highest BCUT2D eigenvalue weighted by molar-refractivity contribution is 7.09. The van der Waals surface area contributed by atoms with Crippen molar-refractivity contribution in [2.75, 3.05) is 7.05 Å². The smallest absolute Gasteiger partial charge is 0.0872 e. The molecule has 1 N–H and O–H groups in total. The van der Waals surface area contributed by atoms with Gasteiger partial charge in [-0.15, -0.1) is 11.3 Å². The maximum atomic E-state index is 4.72. The lowest BCUT2D eigenvalue weighted by Gasteiger charge is -2.13. The number of fused-ring (bicyclic) bond motifs is 1. The second-order valence-electron chi connectivity index (χ2n) is 4.99. The quantitative estimate of drug-likeness (QED) is 0.777. The summed E-state index contributed by atoms with van der Waals surface area (Å²) in [6.45, 7) is 0. The second-order valence-corrected chi connectivity index (χ2v) is 6.02. The van der Waals surface area contributed by atoms with Gasteiger partial charge in [0.15, 0.2) is 0 Å². The van der Waals surface area contributed by atoms with Crippen LogP contribution in [0.3, 0.4) is 0 Å². The Kier molecular flexibility index (Phi) is 3.85. The molecule has 1 unspecified atom stereocenters. The van der Waals surface area contributed by atoms with Gasteiger partial charge in [0.05, 0.1) is 17.3 Å². The molecule has 0 saturated heterocycles. The van der Waals surface area contributed by atoms with Gasteiger partial charge >= 0.3 is 0 Å². The van der Waals surface area contributed by atoms with Crippen molar-refractivity contribution in [1.82, 2.24) is 15.1 Å². The van der Waals surface area contributed by atoms with Crippen molar-refractivity contribution in [3.05, 3.63) is 52.3 Å². The van der Waals surface area contributed by atoms with E-state index in [1.807, 2.05) is 30.1 Å². The molecule has 1 aromatic carbocycles. The zero-order chi connectivity index (χ0) is 13.9. The van der Waals surface area contributed by atoms with Crippen molar-refractivity contribution < 1.29 is 0 Å². The molecule has 20 heavy (non-hydrogen) atoms. The number of nitrogens with one attached hydrogen (secondary N) is 1. The van der Waals surface area contributed by atoms with E-state index < -0.39 is 0 Å². The van der Waals surface area contributed by atoms with Crippen LogP contribution in [0, 0.1) is 0 Å². The predicted molar refractivity (Wildman–Crippen MR) is 85.2 cm³/mol. The highest BCUT2D eigenvalue weighted by Gasteiger charge is 2.17. The molecule has 0 aliphatic heterocycles. The summed E-state index contributed by atoms with van der Waals surface area (Å²) in [6.07, 6.45) is 2.16. The Morgan fingerprint density at radius 2 is 2.10 bits per heavy atom. The summed E-state index contributed by atoms with van der Waals surface area (Å²) in [4.78, 5) is 1.44. The monoisotopic (exact) mass is 285 g/mol. The van der Waals surface area contributed by atoms with Crippen LogP contribution in [0.15, 0.2) is 41.8 Å². The van der Waals surface area contributed by atoms with E-state index in [1.165, 1.54) is 15.8 Å². The summed E-state index contributed by atoms with van der Waals surface area (Å²) in [6, 6.07) is 13.0. The van der Waals surface area contributed by atoms with Crippen molar-refractivity contribution >= 4 is 22.2 Å². The van der Waals surface area contributed by atoms with Crippen LogP contribution in [0.4, 0.5) is 0 Å². The Bertz CT molecular complexity index is 685. The van der Waals surface area contributed by atoms with Gasteiger partial charge in [-0.3, -0.25) is 4.68 Å². The molecule has 0 saturated carbocycles. The Morgan fingerprint density at radius 3 is 2.85 bits per heavy atom. The first kappa shape index (κ1) is 13.3. The molecule has 3 aromatic rings. The van der Waals surface area contributed by atoms with E-state index in [9.17, 15) is 0 Å². The standard InChI is InChI=1S/C16H19N3S/c1-17-14(10-9-12-6-5-11-20-12)16-13-7-3-4-8-15(13)19(2)18-16/h3-8,11,14,17H,9-10H2,1-2H3. The molecule has 0 fully saturated rings. The largest absolute Gasteiger partial charge is 0.312 e. The minimum absolute atomic E-state index is 0.295. The van der Waals surface area contributed by atoms with Gasteiger partial charge in [0.25, 0.3) is 0 Å². The van der Waals surface area contributed by atoms with Gasteiger partial charge in [0.2, 0.25) is 0 Å². The fourth-order valence-corrected chi connectivity index (χ4v) is 3.38. The van der Waals surface area contributed by atoms with Crippen molar-refractivity contribution in [3.8, 4) is 0 Å². The first-order valence-electron chi connectivity index (χ1n) is 6.91. The zero-order valence-corrected chi connectivity index (χ0v) is 12.7. The Morgan fingerprint density at radius 1 is 1.25 bits per heavy atom. The number of hydrogen-bond acceptors (Lipinski definition) is 3. The maximum Gasteiger partial charge on any atom is 0.0872 e. The van der Waals surface area contributed by atoms with E-state index >= 15 is 0 Å². The molecule has 0 radical (unpaired) electrons. The van der Waals surface area contributed by atoms with Gasteiger partial charge in [-0.2, -0.15) is 5.10 Å². The van der Waals surface area contributed by atoms with E-state index in [-0.39, 0.29) is 0 Å². The second kappa shape index (κ2) is 5.77. The molecular weight excluding hydrogens is 266 g/mol. The molecule has 3 nitrogen and oxygen atoms in total. The van der Waals surface area contributed by atoms with Gasteiger partial charge in [0, 0.05) is 17.3 Å². The predicted octanol–water partition coefficient (Wildman–Crippen LogP) is 3.53. The molecule has 0 spiro atoms. The summed E-state index contributed by atoms with van der Waals surface area (Å²) < 4.78 is 1.97. The normalized spacial score (nSPS) is 12.9. The SMILES string of the molecule is CNC(CCc1cccs1)c1nn(C)c2ccccc12. The summed E-state index contributed by atoms with van der Waals surface area (Å²) in [5.74, 6) is 0. The van der Waals surface area contributed by atoms with E-state index in [1.54, 1.807) is 0 Å².